The van der Waals surface area contributed by atoms with Gasteiger partial charge in [-0.05, 0) is 25.0 Å². The van der Waals surface area contributed by atoms with Gasteiger partial charge in [-0.1, -0.05) is 16.8 Å². The van der Waals surface area contributed by atoms with E-state index in [1.807, 2.05) is 0 Å². The molecular formula is C16H16ClNO4S2. The van der Waals surface area contributed by atoms with Crippen molar-refractivity contribution in [2.45, 2.75) is 29.4 Å². The van der Waals surface area contributed by atoms with Gasteiger partial charge in [0, 0.05) is 45.3 Å². The second kappa shape index (κ2) is 6.90. The Bertz CT molecular complexity index is 858. The van der Waals surface area contributed by atoms with Gasteiger partial charge in [0.15, 0.2) is 11.5 Å². The van der Waals surface area contributed by atoms with Crippen molar-refractivity contribution in [3.05, 3.63) is 45.8 Å². The van der Waals surface area contributed by atoms with Crippen molar-refractivity contribution >= 4 is 39.0 Å². The largest absolute Gasteiger partial charge is 0.360 e. The van der Waals surface area contributed by atoms with Crippen molar-refractivity contribution in [2.75, 3.05) is 12.5 Å². The first-order chi connectivity index (χ1) is 11.4. The molecule has 1 heterocycles. The van der Waals surface area contributed by atoms with E-state index in [0.29, 0.717) is 21.8 Å². The van der Waals surface area contributed by atoms with Crippen LogP contribution >= 0.6 is 11.6 Å². The smallest absolute Gasteiger partial charge is 0.199 e. The number of hydrogen-bond donors (Lipinski definition) is 0. The van der Waals surface area contributed by atoms with Gasteiger partial charge in [0.25, 0.3) is 0 Å². The van der Waals surface area contributed by atoms with E-state index in [2.05, 4.69) is 5.16 Å². The van der Waals surface area contributed by atoms with E-state index in [1.165, 1.54) is 12.5 Å². The number of carbonyl (C=O) groups excluding carboxylic acids is 1. The van der Waals surface area contributed by atoms with Crippen molar-refractivity contribution in [2.24, 2.45) is 0 Å². The molecule has 0 amide bonds. The molecule has 1 saturated carbocycles. The quantitative estimate of drug-likeness (QED) is 0.714. The molecule has 2 unspecified atom stereocenters. The van der Waals surface area contributed by atoms with Crippen molar-refractivity contribution in [1.82, 2.24) is 5.16 Å². The number of rotatable bonds is 6. The molecule has 1 aromatic carbocycles. The van der Waals surface area contributed by atoms with E-state index < -0.39 is 21.6 Å². The fourth-order valence-corrected chi connectivity index (χ4v) is 4.62. The van der Waals surface area contributed by atoms with Gasteiger partial charge in [-0.15, -0.1) is 0 Å². The Morgan fingerprint density at radius 2 is 2.00 bits per heavy atom. The number of hydrogen-bond acceptors (Lipinski definition) is 5. The Hall–Kier alpha value is -1.31. The second-order valence-electron chi connectivity index (χ2n) is 5.78. The molecule has 1 aromatic heterocycles. The van der Waals surface area contributed by atoms with Crippen LogP contribution in [0.3, 0.4) is 0 Å². The number of ketones is 1. The fourth-order valence-electron chi connectivity index (χ4n) is 2.59. The zero-order chi connectivity index (χ0) is 17.4. The van der Waals surface area contributed by atoms with Gasteiger partial charge in [0.05, 0.1) is 33.3 Å². The molecule has 0 radical (unpaired) electrons. The standard InChI is InChI=1S/C16H16ClNO4S2/c1-23(20)8-12-13(24(2)21)6-5-10(14(12)17)15(19)11-7-18-22-16(11)9-3-4-9/h5-7,9H,3-4,8H2,1-2H3. The Kier molecular flexibility index (Phi) is 5.03. The summed E-state index contributed by atoms with van der Waals surface area (Å²) >= 11 is 6.42. The van der Waals surface area contributed by atoms with Gasteiger partial charge in [-0.3, -0.25) is 13.2 Å². The summed E-state index contributed by atoms with van der Waals surface area (Å²) in [5.74, 6) is 0.711. The predicted octanol–water partition coefficient (Wildman–Crippen LogP) is 3.05. The van der Waals surface area contributed by atoms with Crippen LogP contribution in [0.5, 0.6) is 0 Å². The highest BCUT2D eigenvalue weighted by atomic mass is 35.5. The molecule has 0 saturated heterocycles. The Balaban J connectivity index is 2.07. The highest BCUT2D eigenvalue weighted by Gasteiger charge is 2.33. The third-order valence-electron chi connectivity index (χ3n) is 3.89. The zero-order valence-electron chi connectivity index (χ0n) is 13.2. The minimum Gasteiger partial charge on any atom is -0.360 e. The third-order valence-corrected chi connectivity index (χ3v) is 6.02. The maximum atomic E-state index is 12.9. The van der Waals surface area contributed by atoms with Crippen molar-refractivity contribution in [3.8, 4) is 0 Å². The summed E-state index contributed by atoms with van der Waals surface area (Å²) in [6.07, 6.45) is 6.45. The molecule has 5 nitrogen and oxygen atoms in total. The number of halogens is 1. The van der Waals surface area contributed by atoms with E-state index in [9.17, 15) is 13.2 Å². The molecule has 3 rings (SSSR count). The van der Waals surface area contributed by atoms with Crippen LogP contribution in [0.25, 0.3) is 0 Å². The van der Waals surface area contributed by atoms with Crippen molar-refractivity contribution < 1.29 is 17.7 Å². The molecule has 1 aliphatic carbocycles. The van der Waals surface area contributed by atoms with Crippen LogP contribution in [0.1, 0.15) is 46.0 Å². The number of nitrogens with zero attached hydrogens (tertiary/aromatic N) is 1. The van der Waals surface area contributed by atoms with Gasteiger partial charge in [0.2, 0.25) is 0 Å². The monoisotopic (exact) mass is 385 g/mol. The normalized spacial score (nSPS) is 16.8. The first-order valence-corrected chi connectivity index (χ1v) is 11.0. The first kappa shape index (κ1) is 17.5. The van der Waals surface area contributed by atoms with Crippen LogP contribution in [-0.4, -0.2) is 31.9 Å². The summed E-state index contributed by atoms with van der Waals surface area (Å²) in [5, 5.41) is 3.94. The van der Waals surface area contributed by atoms with E-state index in [-0.39, 0.29) is 28.0 Å². The summed E-state index contributed by atoms with van der Waals surface area (Å²) in [5.41, 5.74) is 1.19. The highest BCUT2D eigenvalue weighted by molar-refractivity contribution is 7.85. The van der Waals surface area contributed by atoms with E-state index in [1.54, 1.807) is 18.4 Å². The van der Waals surface area contributed by atoms with Crippen LogP contribution < -0.4 is 0 Å². The van der Waals surface area contributed by atoms with E-state index >= 15 is 0 Å². The number of aromatic nitrogens is 1. The highest BCUT2D eigenvalue weighted by Crippen LogP contribution is 2.42. The molecule has 0 N–H and O–H groups in total. The molecule has 0 aliphatic heterocycles. The van der Waals surface area contributed by atoms with E-state index in [0.717, 1.165) is 12.8 Å². The van der Waals surface area contributed by atoms with Crippen LogP contribution in [0.15, 0.2) is 27.7 Å². The van der Waals surface area contributed by atoms with Crippen LogP contribution in [-0.2, 0) is 27.4 Å². The lowest BCUT2D eigenvalue weighted by atomic mass is 10.0. The first-order valence-electron chi connectivity index (χ1n) is 7.34. The maximum Gasteiger partial charge on any atom is 0.199 e. The lowest BCUT2D eigenvalue weighted by Gasteiger charge is -2.12. The summed E-state index contributed by atoms with van der Waals surface area (Å²) < 4.78 is 28.8. The lowest BCUT2D eigenvalue weighted by molar-refractivity contribution is 0.103. The number of carbonyl (C=O) groups is 1. The van der Waals surface area contributed by atoms with Crippen LogP contribution in [0.2, 0.25) is 5.02 Å². The lowest BCUT2D eigenvalue weighted by Crippen LogP contribution is -2.08. The zero-order valence-corrected chi connectivity index (χ0v) is 15.6. The van der Waals surface area contributed by atoms with Crippen molar-refractivity contribution in [3.63, 3.8) is 0 Å². The van der Waals surface area contributed by atoms with E-state index in [4.69, 9.17) is 16.1 Å². The fraction of sp³-hybridized carbons (Fsp3) is 0.375. The predicted molar refractivity (Wildman–Crippen MR) is 93.5 cm³/mol. The molecule has 2 aromatic rings. The average molecular weight is 386 g/mol. The summed E-state index contributed by atoms with van der Waals surface area (Å²) in [6.45, 7) is 0. The molecule has 24 heavy (non-hydrogen) atoms. The Labute approximate surface area is 149 Å². The minimum atomic E-state index is -1.29. The molecule has 0 bridgehead atoms. The summed E-state index contributed by atoms with van der Waals surface area (Å²) in [4.78, 5) is 13.4. The van der Waals surface area contributed by atoms with Crippen LogP contribution in [0.4, 0.5) is 0 Å². The average Bonchev–Trinajstić information content (AvgIpc) is 3.25. The van der Waals surface area contributed by atoms with Gasteiger partial charge in [0.1, 0.15) is 0 Å². The maximum absolute atomic E-state index is 12.9. The van der Waals surface area contributed by atoms with Crippen LogP contribution in [0, 0.1) is 0 Å². The SMILES string of the molecule is CS(=O)Cc1c(S(C)=O)ccc(C(=O)c2cnoc2C2CC2)c1Cl. The third kappa shape index (κ3) is 3.38. The molecule has 1 aliphatic rings. The topological polar surface area (TPSA) is 77.2 Å². The Morgan fingerprint density at radius 1 is 1.29 bits per heavy atom. The number of benzene rings is 1. The van der Waals surface area contributed by atoms with Gasteiger partial charge < -0.3 is 4.52 Å². The minimum absolute atomic E-state index is 0.147. The Morgan fingerprint density at radius 3 is 2.58 bits per heavy atom. The summed E-state index contributed by atoms with van der Waals surface area (Å²) in [7, 11) is -2.46. The van der Waals surface area contributed by atoms with Gasteiger partial charge in [-0.2, -0.15) is 0 Å². The molecule has 0 spiro atoms. The molecule has 1 fully saturated rings. The van der Waals surface area contributed by atoms with Gasteiger partial charge in [-0.25, -0.2) is 0 Å². The molecule has 2 atom stereocenters. The summed E-state index contributed by atoms with van der Waals surface area (Å²) in [6, 6.07) is 3.18. The molecular weight excluding hydrogens is 370 g/mol. The van der Waals surface area contributed by atoms with Gasteiger partial charge >= 0.3 is 0 Å². The van der Waals surface area contributed by atoms with Crippen molar-refractivity contribution in [1.29, 1.82) is 0 Å². The second-order valence-corrected chi connectivity index (χ2v) is 8.94. The molecule has 8 heteroatoms. The molecule has 128 valence electrons.